The second-order valence-corrected chi connectivity index (χ2v) is 8.40. The number of anilines is 1. The van der Waals surface area contributed by atoms with Gasteiger partial charge in [-0.25, -0.2) is 4.98 Å². The average molecular weight is 431 g/mol. The molecule has 1 aromatic carbocycles. The minimum absolute atomic E-state index is 0.158. The molecule has 0 aliphatic rings. The summed E-state index contributed by atoms with van der Waals surface area (Å²) in [5, 5.41) is 17.1. The zero-order chi connectivity index (χ0) is 21.0. The van der Waals surface area contributed by atoms with E-state index < -0.39 is 0 Å². The van der Waals surface area contributed by atoms with Crippen molar-refractivity contribution in [3.8, 4) is 0 Å². The first-order valence-electron chi connectivity index (χ1n) is 8.95. The number of carbonyl (C=O) groups excluding carboxylic acids is 2. The van der Waals surface area contributed by atoms with Crippen LogP contribution in [0, 0.1) is 13.8 Å². The fourth-order valence-electron chi connectivity index (χ4n) is 2.66. The summed E-state index contributed by atoms with van der Waals surface area (Å²) in [6.07, 6.45) is 0. The van der Waals surface area contributed by atoms with Gasteiger partial charge in [-0.05, 0) is 32.9 Å². The second-order valence-electron chi connectivity index (χ2n) is 6.60. The van der Waals surface area contributed by atoms with Gasteiger partial charge in [-0.15, -0.1) is 21.5 Å². The van der Waals surface area contributed by atoms with E-state index in [0.717, 1.165) is 11.3 Å². The van der Waals surface area contributed by atoms with Crippen molar-refractivity contribution in [2.75, 3.05) is 11.1 Å². The van der Waals surface area contributed by atoms with Crippen LogP contribution in [0.2, 0.25) is 0 Å². The Morgan fingerprint density at radius 2 is 2.07 bits per heavy atom. The molecular weight excluding hydrogens is 408 g/mol. The number of carbonyl (C=O) groups is 2. The van der Waals surface area contributed by atoms with Gasteiger partial charge in [0, 0.05) is 18.0 Å². The molecule has 10 heteroatoms. The maximum absolute atomic E-state index is 12.5. The second kappa shape index (κ2) is 9.19. The Balaban J connectivity index is 1.58. The maximum Gasteiger partial charge on any atom is 0.251 e. The molecule has 3 rings (SSSR count). The predicted molar refractivity (Wildman–Crippen MR) is 114 cm³/mol. The zero-order valence-electron chi connectivity index (χ0n) is 16.6. The van der Waals surface area contributed by atoms with Gasteiger partial charge in [-0.3, -0.25) is 9.59 Å². The molecule has 0 saturated carbocycles. The summed E-state index contributed by atoms with van der Waals surface area (Å²) < 4.78 is 1.78. The van der Waals surface area contributed by atoms with E-state index in [2.05, 4.69) is 25.8 Å². The fraction of sp³-hybridized carbons (Fsp3) is 0.316. The van der Waals surface area contributed by atoms with Crippen LogP contribution in [0.15, 0.2) is 34.8 Å². The highest BCUT2D eigenvalue weighted by atomic mass is 32.2. The van der Waals surface area contributed by atoms with Crippen LogP contribution < -0.4 is 10.6 Å². The molecular formula is C19H22N6O2S2. The first-order chi connectivity index (χ1) is 13.8. The Morgan fingerprint density at radius 3 is 2.76 bits per heavy atom. The molecule has 2 aromatic heterocycles. The van der Waals surface area contributed by atoms with E-state index in [0.29, 0.717) is 21.7 Å². The van der Waals surface area contributed by atoms with Gasteiger partial charge in [0.05, 0.1) is 17.5 Å². The van der Waals surface area contributed by atoms with Gasteiger partial charge in [0.25, 0.3) is 5.91 Å². The Morgan fingerprint density at radius 1 is 1.28 bits per heavy atom. The lowest BCUT2D eigenvalue weighted by Gasteiger charge is -2.14. The molecule has 0 unspecified atom stereocenters. The van der Waals surface area contributed by atoms with Crippen LogP contribution in [0.25, 0.3) is 0 Å². The summed E-state index contributed by atoms with van der Waals surface area (Å²) in [6, 6.07) is 7.07. The molecule has 2 amide bonds. The predicted octanol–water partition coefficient (Wildman–Crippen LogP) is 3.11. The number of benzene rings is 1. The van der Waals surface area contributed by atoms with E-state index in [-0.39, 0.29) is 23.6 Å². The van der Waals surface area contributed by atoms with E-state index in [9.17, 15) is 9.59 Å². The van der Waals surface area contributed by atoms with Crippen molar-refractivity contribution in [1.29, 1.82) is 0 Å². The molecule has 3 aromatic rings. The summed E-state index contributed by atoms with van der Waals surface area (Å²) in [5.74, 6) is 0.477. The molecule has 0 saturated heterocycles. The maximum atomic E-state index is 12.5. The first-order valence-corrected chi connectivity index (χ1v) is 10.8. The van der Waals surface area contributed by atoms with Crippen LogP contribution in [0.4, 0.5) is 5.13 Å². The van der Waals surface area contributed by atoms with Crippen molar-refractivity contribution in [3.63, 3.8) is 0 Å². The quantitative estimate of drug-likeness (QED) is 0.559. The topological polar surface area (TPSA) is 102 Å². The Kier molecular flexibility index (Phi) is 6.65. The molecule has 8 nitrogen and oxygen atoms in total. The number of thioether (sulfide) groups is 1. The van der Waals surface area contributed by atoms with Gasteiger partial charge in [0.1, 0.15) is 0 Å². The number of rotatable bonds is 7. The highest BCUT2D eigenvalue weighted by Gasteiger charge is 2.19. The van der Waals surface area contributed by atoms with Gasteiger partial charge in [0.2, 0.25) is 5.91 Å². The van der Waals surface area contributed by atoms with Crippen LogP contribution >= 0.6 is 23.1 Å². The molecule has 0 spiro atoms. The van der Waals surface area contributed by atoms with Gasteiger partial charge >= 0.3 is 0 Å². The molecule has 0 fully saturated rings. The first kappa shape index (κ1) is 21.0. The van der Waals surface area contributed by atoms with Crippen LogP contribution in [0.1, 0.15) is 40.4 Å². The summed E-state index contributed by atoms with van der Waals surface area (Å²) in [7, 11) is 1.81. The molecule has 0 aliphatic carbocycles. The summed E-state index contributed by atoms with van der Waals surface area (Å²) in [4.78, 5) is 28.8. The van der Waals surface area contributed by atoms with Crippen LogP contribution in [-0.4, -0.2) is 37.3 Å². The summed E-state index contributed by atoms with van der Waals surface area (Å²) in [5.41, 5.74) is 2.49. The van der Waals surface area contributed by atoms with Crippen molar-refractivity contribution in [3.05, 3.63) is 52.3 Å². The van der Waals surface area contributed by atoms with Gasteiger partial charge in [-0.2, -0.15) is 0 Å². The lowest BCUT2D eigenvalue weighted by molar-refractivity contribution is -0.113. The van der Waals surface area contributed by atoms with E-state index >= 15 is 0 Å². The molecule has 0 bridgehead atoms. The Labute approximate surface area is 177 Å². The van der Waals surface area contributed by atoms with Crippen molar-refractivity contribution in [1.82, 2.24) is 25.1 Å². The normalized spacial score (nSPS) is 11.9. The van der Waals surface area contributed by atoms with Crippen molar-refractivity contribution >= 4 is 40.0 Å². The SMILES string of the molecule is Cc1cccc(C(=O)N[C@@H](C)c2nnc(SCC(=O)Nc3nc(C)cs3)n2C)c1. The monoisotopic (exact) mass is 430 g/mol. The zero-order valence-corrected chi connectivity index (χ0v) is 18.2. The van der Waals surface area contributed by atoms with E-state index in [1.807, 2.05) is 51.4 Å². The molecule has 0 aliphatic heterocycles. The minimum atomic E-state index is -0.331. The van der Waals surface area contributed by atoms with Gasteiger partial charge < -0.3 is 15.2 Å². The van der Waals surface area contributed by atoms with Crippen LogP contribution in [-0.2, 0) is 11.8 Å². The smallest absolute Gasteiger partial charge is 0.251 e. The van der Waals surface area contributed by atoms with Crippen molar-refractivity contribution in [2.24, 2.45) is 7.05 Å². The highest BCUT2D eigenvalue weighted by Crippen LogP contribution is 2.20. The lowest BCUT2D eigenvalue weighted by atomic mass is 10.1. The standard InChI is InChI=1S/C19H22N6O2S2/c1-11-6-5-7-14(8-11)17(27)21-13(3)16-23-24-19(25(16)4)29-10-15(26)22-18-20-12(2)9-28-18/h5-9,13H,10H2,1-4H3,(H,21,27)(H,20,22,26)/t13-/m0/s1. The van der Waals surface area contributed by atoms with Crippen molar-refractivity contribution < 1.29 is 9.59 Å². The Hall–Kier alpha value is -2.72. The lowest BCUT2D eigenvalue weighted by Crippen LogP contribution is -2.28. The van der Waals surface area contributed by atoms with E-state index in [4.69, 9.17) is 0 Å². The Bertz CT molecular complexity index is 1030. The third-order valence-corrected chi connectivity index (χ3v) is 5.98. The van der Waals surface area contributed by atoms with E-state index in [1.54, 1.807) is 10.6 Å². The number of nitrogens with one attached hydrogen (secondary N) is 2. The molecule has 2 heterocycles. The molecule has 2 N–H and O–H groups in total. The number of nitrogens with zero attached hydrogens (tertiary/aromatic N) is 4. The summed E-state index contributed by atoms with van der Waals surface area (Å²) >= 11 is 2.67. The third-order valence-electron chi connectivity index (χ3n) is 4.08. The van der Waals surface area contributed by atoms with E-state index in [1.165, 1.54) is 23.1 Å². The van der Waals surface area contributed by atoms with Gasteiger partial charge in [0.15, 0.2) is 16.1 Å². The van der Waals surface area contributed by atoms with Crippen LogP contribution in [0.3, 0.4) is 0 Å². The number of thiazole rings is 1. The molecule has 0 radical (unpaired) electrons. The molecule has 152 valence electrons. The summed E-state index contributed by atoms with van der Waals surface area (Å²) in [6.45, 7) is 5.67. The largest absolute Gasteiger partial charge is 0.342 e. The average Bonchev–Trinajstić information content (AvgIpc) is 3.25. The number of amides is 2. The van der Waals surface area contributed by atoms with Gasteiger partial charge in [-0.1, -0.05) is 29.5 Å². The number of hydrogen-bond acceptors (Lipinski definition) is 7. The number of hydrogen-bond donors (Lipinski definition) is 2. The molecule has 29 heavy (non-hydrogen) atoms. The van der Waals surface area contributed by atoms with Crippen LogP contribution in [0.5, 0.6) is 0 Å². The minimum Gasteiger partial charge on any atom is -0.342 e. The highest BCUT2D eigenvalue weighted by molar-refractivity contribution is 7.99. The number of aromatic nitrogens is 4. The van der Waals surface area contributed by atoms with Crippen molar-refractivity contribution in [2.45, 2.75) is 32.0 Å². The third kappa shape index (κ3) is 5.42. The number of aryl methyl sites for hydroxylation is 2. The fourth-order valence-corrected chi connectivity index (χ4v) is 4.08. The molecule has 1 atom stereocenters.